The number of anilines is 1. The lowest BCUT2D eigenvalue weighted by Crippen LogP contribution is -2.45. The van der Waals surface area contributed by atoms with Crippen LogP contribution in [0.1, 0.15) is 34.9 Å². The van der Waals surface area contributed by atoms with Crippen molar-refractivity contribution in [1.29, 1.82) is 0 Å². The summed E-state index contributed by atoms with van der Waals surface area (Å²) in [7, 11) is 1.60. The van der Waals surface area contributed by atoms with Crippen molar-refractivity contribution in [2.45, 2.75) is 29.9 Å². The number of aliphatic hydroxyl groups excluding tert-OH is 1. The summed E-state index contributed by atoms with van der Waals surface area (Å²) in [4.78, 5) is 32.1. The first-order chi connectivity index (χ1) is 17.0. The molecule has 3 heterocycles. The molecule has 2 aliphatic rings. The molecule has 0 bridgehead atoms. The molecule has 182 valence electrons. The van der Waals surface area contributed by atoms with Crippen LogP contribution in [0.2, 0.25) is 0 Å². The monoisotopic (exact) mass is 492 g/mol. The lowest BCUT2D eigenvalue weighted by atomic mass is 10.00. The molecule has 3 N–H and O–H groups in total. The van der Waals surface area contributed by atoms with Crippen LogP contribution in [0.4, 0.5) is 5.69 Å². The first-order valence-corrected chi connectivity index (χ1v) is 12.7. The third-order valence-corrected chi connectivity index (χ3v) is 7.63. The molecule has 35 heavy (non-hydrogen) atoms. The number of hydrogen-bond donors (Lipinski definition) is 3. The number of methoxy groups -OCH3 is 1. The number of nitrogens with one attached hydrogen (secondary N) is 2. The Morgan fingerprint density at radius 3 is 2.91 bits per heavy atom. The Bertz CT molecular complexity index is 1260. The summed E-state index contributed by atoms with van der Waals surface area (Å²) in [6.45, 7) is 2.08. The van der Waals surface area contributed by atoms with Crippen LogP contribution in [-0.4, -0.2) is 65.3 Å². The quantitative estimate of drug-likeness (QED) is 0.485. The van der Waals surface area contributed by atoms with E-state index in [1.807, 2.05) is 30.3 Å². The summed E-state index contributed by atoms with van der Waals surface area (Å²) in [5, 5.41) is 17.8. The number of aliphatic hydroxyl groups is 1. The van der Waals surface area contributed by atoms with Crippen LogP contribution in [0.5, 0.6) is 5.75 Å². The van der Waals surface area contributed by atoms with Crippen molar-refractivity contribution < 1.29 is 19.4 Å². The normalized spacial score (nSPS) is 17.5. The number of piperidine rings is 1. The first kappa shape index (κ1) is 23.6. The number of fused-ring (bicyclic) bond motifs is 2. The second-order valence-corrected chi connectivity index (χ2v) is 9.92. The zero-order valence-electron chi connectivity index (χ0n) is 19.5. The number of pyridine rings is 1. The molecule has 2 amide bonds. The number of ether oxygens (including phenoxy) is 1. The molecule has 9 heteroatoms. The maximum Gasteiger partial charge on any atom is 0.251 e. The highest BCUT2D eigenvalue weighted by Crippen LogP contribution is 2.32. The van der Waals surface area contributed by atoms with Gasteiger partial charge in [0.25, 0.3) is 5.91 Å². The molecule has 0 aliphatic carbocycles. The Balaban J connectivity index is 1.17. The van der Waals surface area contributed by atoms with Crippen molar-refractivity contribution in [2.24, 2.45) is 0 Å². The molecule has 0 radical (unpaired) electrons. The molecule has 1 unspecified atom stereocenters. The van der Waals surface area contributed by atoms with Gasteiger partial charge < -0.3 is 25.4 Å². The van der Waals surface area contributed by atoms with Gasteiger partial charge in [-0.25, -0.2) is 0 Å². The molecule has 1 atom stereocenters. The van der Waals surface area contributed by atoms with Crippen LogP contribution >= 0.6 is 11.8 Å². The molecule has 1 saturated heterocycles. The average Bonchev–Trinajstić information content (AvgIpc) is 2.88. The predicted molar refractivity (Wildman–Crippen MR) is 136 cm³/mol. The molecule has 8 nitrogen and oxygen atoms in total. The van der Waals surface area contributed by atoms with Crippen molar-refractivity contribution in [2.75, 3.05) is 37.8 Å². The van der Waals surface area contributed by atoms with Crippen molar-refractivity contribution in [3.8, 4) is 5.75 Å². The van der Waals surface area contributed by atoms with E-state index in [-0.39, 0.29) is 17.9 Å². The smallest absolute Gasteiger partial charge is 0.251 e. The van der Waals surface area contributed by atoms with Gasteiger partial charge >= 0.3 is 0 Å². The van der Waals surface area contributed by atoms with E-state index in [0.29, 0.717) is 29.3 Å². The molecule has 1 aromatic heterocycles. The Morgan fingerprint density at radius 1 is 1.29 bits per heavy atom. The number of rotatable bonds is 6. The van der Waals surface area contributed by atoms with Crippen LogP contribution in [0.25, 0.3) is 10.9 Å². The lowest BCUT2D eigenvalue weighted by Gasteiger charge is -2.33. The molecule has 2 aliphatic heterocycles. The SMILES string of the molecule is COc1cnc2cccc(C(O)CN3CCC(NC(=O)c4ccc5c(c4)NC(=O)CS5)CC3)c2c1. The van der Waals surface area contributed by atoms with Gasteiger partial charge in [-0.2, -0.15) is 0 Å². The minimum Gasteiger partial charge on any atom is -0.495 e. The number of aromatic nitrogens is 1. The first-order valence-electron chi connectivity index (χ1n) is 11.7. The number of amides is 2. The standard InChI is InChI=1S/C26H28N4O4S/c1-34-18-12-20-19(3-2-4-21(20)27-13-18)23(31)14-30-9-7-17(8-10-30)28-26(33)16-5-6-24-22(11-16)29-25(32)15-35-24/h2-6,11-13,17,23,31H,7-10,14-15H2,1H3,(H,28,33)(H,29,32). The minimum absolute atomic E-state index is 0.0477. The van der Waals surface area contributed by atoms with Crippen molar-refractivity contribution >= 4 is 40.2 Å². The summed E-state index contributed by atoms with van der Waals surface area (Å²) in [6, 6.07) is 13.2. The highest BCUT2D eigenvalue weighted by Gasteiger charge is 2.24. The summed E-state index contributed by atoms with van der Waals surface area (Å²) in [6.07, 6.45) is 2.64. The molecule has 1 fully saturated rings. The Kier molecular flexibility index (Phi) is 6.90. The number of thioether (sulfide) groups is 1. The van der Waals surface area contributed by atoms with E-state index in [0.717, 1.165) is 47.3 Å². The number of carbonyl (C=O) groups excluding carboxylic acids is 2. The zero-order chi connectivity index (χ0) is 24.4. The van der Waals surface area contributed by atoms with Gasteiger partial charge in [-0.3, -0.25) is 14.6 Å². The summed E-state index contributed by atoms with van der Waals surface area (Å²) < 4.78 is 5.31. The summed E-state index contributed by atoms with van der Waals surface area (Å²) >= 11 is 1.48. The molecule has 2 aromatic carbocycles. The Labute approximate surface area is 208 Å². The summed E-state index contributed by atoms with van der Waals surface area (Å²) in [5.74, 6) is 0.882. The van der Waals surface area contributed by atoms with Crippen molar-refractivity contribution in [3.63, 3.8) is 0 Å². The van der Waals surface area contributed by atoms with Gasteiger partial charge in [-0.1, -0.05) is 12.1 Å². The van der Waals surface area contributed by atoms with Gasteiger partial charge in [0, 0.05) is 41.5 Å². The lowest BCUT2D eigenvalue weighted by molar-refractivity contribution is -0.113. The maximum absolute atomic E-state index is 12.8. The van der Waals surface area contributed by atoms with Crippen LogP contribution in [-0.2, 0) is 4.79 Å². The van der Waals surface area contributed by atoms with Gasteiger partial charge in [-0.15, -0.1) is 11.8 Å². The summed E-state index contributed by atoms with van der Waals surface area (Å²) in [5.41, 5.74) is 2.90. The van der Waals surface area contributed by atoms with Crippen LogP contribution in [0, 0.1) is 0 Å². The molecular formula is C26H28N4O4S. The third kappa shape index (κ3) is 5.27. The fourth-order valence-electron chi connectivity index (χ4n) is 4.65. The highest BCUT2D eigenvalue weighted by atomic mass is 32.2. The van der Waals surface area contributed by atoms with E-state index in [9.17, 15) is 14.7 Å². The van der Waals surface area contributed by atoms with Gasteiger partial charge in [0.1, 0.15) is 5.75 Å². The van der Waals surface area contributed by atoms with Gasteiger partial charge in [0.15, 0.2) is 0 Å². The van der Waals surface area contributed by atoms with Crippen molar-refractivity contribution in [3.05, 3.63) is 59.8 Å². The number of benzene rings is 2. The van der Waals surface area contributed by atoms with Crippen LogP contribution < -0.4 is 15.4 Å². The topological polar surface area (TPSA) is 104 Å². The molecule has 5 rings (SSSR count). The second kappa shape index (κ2) is 10.2. The third-order valence-electron chi connectivity index (χ3n) is 6.56. The van der Waals surface area contributed by atoms with Crippen molar-refractivity contribution in [1.82, 2.24) is 15.2 Å². The molecule has 0 saturated carbocycles. The van der Waals surface area contributed by atoms with Crippen LogP contribution in [0.15, 0.2) is 53.6 Å². The zero-order valence-corrected chi connectivity index (χ0v) is 20.3. The Hall–Kier alpha value is -3.14. The number of likely N-dealkylation sites (tertiary alicyclic amines) is 1. The molecule has 3 aromatic rings. The van der Waals surface area contributed by atoms with E-state index in [2.05, 4.69) is 20.5 Å². The molecular weight excluding hydrogens is 464 g/mol. The fourth-order valence-corrected chi connectivity index (χ4v) is 5.44. The highest BCUT2D eigenvalue weighted by molar-refractivity contribution is 8.00. The van der Waals surface area contributed by atoms with Gasteiger partial charge in [0.05, 0.1) is 36.4 Å². The fraction of sp³-hybridized carbons (Fsp3) is 0.346. The number of nitrogens with zero attached hydrogens (tertiary/aromatic N) is 2. The van der Waals surface area contributed by atoms with Gasteiger partial charge in [-0.05, 0) is 48.7 Å². The van der Waals surface area contributed by atoms with Gasteiger partial charge in [0.2, 0.25) is 5.91 Å². The Morgan fingerprint density at radius 2 is 2.11 bits per heavy atom. The van der Waals surface area contributed by atoms with E-state index in [1.165, 1.54) is 11.8 Å². The van der Waals surface area contributed by atoms with Crippen LogP contribution in [0.3, 0.4) is 0 Å². The maximum atomic E-state index is 12.8. The van der Waals surface area contributed by atoms with E-state index < -0.39 is 6.10 Å². The predicted octanol–water partition coefficient (Wildman–Crippen LogP) is 3.22. The van der Waals surface area contributed by atoms with E-state index >= 15 is 0 Å². The van der Waals surface area contributed by atoms with E-state index in [1.54, 1.807) is 25.4 Å². The average molecular weight is 493 g/mol. The minimum atomic E-state index is -0.651. The second-order valence-electron chi connectivity index (χ2n) is 8.90. The van der Waals surface area contributed by atoms with E-state index in [4.69, 9.17) is 4.74 Å². The number of β-amino-alcohol motifs (C(OH)–C–C–N with tert-alkyl or cyclic N) is 1. The number of carbonyl (C=O) groups is 2. The molecule has 0 spiro atoms. The number of hydrogen-bond acceptors (Lipinski definition) is 7. The largest absolute Gasteiger partial charge is 0.495 e.